The van der Waals surface area contributed by atoms with Gasteiger partial charge >= 0.3 is 0 Å². The maximum Gasteiger partial charge on any atom is 0.220 e. The molecular weight excluding hydrogens is 663 g/mol. The first-order chi connectivity index (χ1) is 26.7. The second kappa shape index (κ2) is 46.5. The molecular formula is C50H99NO3. The lowest BCUT2D eigenvalue weighted by Gasteiger charge is -2.20. The normalized spacial score (nSPS) is 12.9. The van der Waals surface area contributed by atoms with Gasteiger partial charge in [0.1, 0.15) is 0 Å². The Morgan fingerprint density at radius 2 is 0.685 bits per heavy atom. The van der Waals surface area contributed by atoms with E-state index in [0.717, 1.165) is 25.7 Å². The van der Waals surface area contributed by atoms with E-state index in [1.54, 1.807) is 6.08 Å². The maximum atomic E-state index is 12.4. The van der Waals surface area contributed by atoms with Crippen LogP contribution in [0, 0.1) is 0 Å². The largest absolute Gasteiger partial charge is 0.394 e. The van der Waals surface area contributed by atoms with Gasteiger partial charge in [-0.05, 0) is 19.3 Å². The Hall–Kier alpha value is -0.870. The average molecular weight is 762 g/mol. The first-order valence-electron chi connectivity index (χ1n) is 24.9. The summed E-state index contributed by atoms with van der Waals surface area (Å²) >= 11 is 0. The number of allylic oxidation sites excluding steroid dienone is 1. The molecule has 0 unspecified atom stereocenters. The number of unbranched alkanes of at least 4 members (excludes halogenated alkanes) is 39. The third-order valence-electron chi connectivity index (χ3n) is 11.8. The molecule has 0 radical (unpaired) electrons. The summed E-state index contributed by atoms with van der Waals surface area (Å²) in [5.74, 6) is -0.0594. The molecule has 0 fully saturated rings. The molecule has 0 rings (SSSR count). The monoisotopic (exact) mass is 762 g/mol. The summed E-state index contributed by atoms with van der Waals surface area (Å²) in [6, 6.07) is -0.615. The fourth-order valence-corrected chi connectivity index (χ4v) is 7.95. The summed E-state index contributed by atoms with van der Waals surface area (Å²) in [7, 11) is 0. The number of aliphatic hydroxyl groups excluding tert-OH is 2. The average Bonchev–Trinajstić information content (AvgIpc) is 3.18. The van der Waals surface area contributed by atoms with Gasteiger partial charge in [0.15, 0.2) is 0 Å². The summed E-state index contributed by atoms with van der Waals surface area (Å²) in [4.78, 5) is 12.4. The first-order valence-corrected chi connectivity index (χ1v) is 24.9. The van der Waals surface area contributed by atoms with Crippen molar-refractivity contribution in [2.45, 2.75) is 296 Å². The van der Waals surface area contributed by atoms with Crippen LogP contribution in [0.1, 0.15) is 284 Å². The standard InChI is InChI=1S/C50H99NO3/c1-3-5-7-9-11-13-15-16-17-18-19-20-21-22-23-24-25-26-27-28-29-30-31-32-33-34-36-38-40-42-44-46-50(54)51-48(47-52)49(53)45-43-41-39-37-35-14-12-10-8-6-4-2/h43,45,48-49,52-53H,3-42,44,46-47H2,1-2H3,(H,51,54)/b45-43+/t48-,49+/m0/s1. The van der Waals surface area contributed by atoms with Crippen LogP contribution in [0.15, 0.2) is 12.2 Å². The van der Waals surface area contributed by atoms with Crippen LogP contribution in [-0.2, 0) is 4.79 Å². The Morgan fingerprint density at radius 1 is 0.426 bits per heavy atom. The molecule has 0 spiro atoms. The lowest BCUT2D eigenvalue weighted by Crippen LogP contribution is -2.45. The fraction of sp³-hybridized carbons (Fsp3) is 0.940. The lowest BCUT2D eigenvalue weighted by molar-refractivity contribution is -0.123. The molecule has 4 nitrogen and oxygen atoms in total. The molecule has 2 atom stereocenters. The van der Waals surface area contributed by atoms with Gasteiger partial charge in [-0.15, -0.1) is 0 Å². The minimum absolute atomic E-state index is 0.0594. The van der Waals surface area contributed by atoms with E-state index in [4.69, 9.17) is 0 Å². The molecule has 0 aromatic carbocycles. The van der Waals surface area contributed by atoms with Gasteiger partial charge in [-0.2, -0.15) is 0 Å². The molecule has 0 saturated heterocycles. The van der Waals surface area contributed by atoms with Crippen molar-refractivity contribution in [1.82, 2.24) is 5.32 Å². The Kier molecular flexibility index (Phi) is 45.8. The van der Waals surface area contributed by atoms with Crippen LogP contribution >= 0.6 is 0 Å². The highest BCUT2D eigenvalue weighted by Crippen LogP contribution is 2.17. The topological polar surface area (TPSA) is 69.6 Å². The van der Waals surface area contributed by atoms with Crippen LogP contribution in [0.25, 0.3) is 0 Å². The van der Waals surface area contributed by atoms with Gasteiger partial charge in [0.25, 0.3) is 0 Å². The van der Waals surface area contributed by atoms with E-state index in [0.29, 0.717) is 6.42 Å². The van der Waals surface area contributed by atoms with Crippen LogP contribution in [0.5, 0.6) is 0 Å². The predicted octanol–water partition coefficient (Wildman–Crippen LogP) is 15.8. The molecule has 0 aliphatic heterocycles. The number of carbonyl (C=O) groups is 1. The molecule has 0 aromatic heterocycles. The molecule has 1 amide bonds. The molecule has 0 aromatic rings. The Labute approximate surface area is 339 Å². The van der Waals surface area contributed by atoms with Gasteiger partial charge in [0.2, 0.25) is 5.91 Å². The number of carbonyl (C=O) groups excluding carboxylic acids is 1. The Morgan fingerprint density at radius 3 is 0.963 bits per heavy atom. The van der Waals surface area contributed by atoms with E-state index >= 15 is 0 Å². The van der Waals surface area contributed by atoms with E-state index in [1.165, 1.54) is 238 Å². The summed E-state index contributed by atoms with van der Waals surface area (Å²) in [5.41, 5.74) is 0. The van der Waals surface area contributed by atoms with Gasteiger partial charge in [-0.1, -0.05) is 270 Å². The van der Waals surface area contributed by atoms with Crippen molar-refractivity contribution in [3.8, 4) is 0 Å². The lowest BCUT2D eigenvalue weighted by atomic mass is 10.0. The third kappa shape index (κ3) is 42.3. The van der Waals surface area contributed by atoms with Crippen molar-refractivity contribution >= 4 is 5.91 Å². The number of hydrogen-bond donors (Lipinski definition) is 3. The van der Waals surface area contributed by atoms with Gasteiger partial charge in [0, 0.05) is 6.42 Å². The molecule has 322 valence electrons. The van der Waals surface area contributed by atoms with E-state index < -0.39 is 12.1 Å². The zero-order valence-corrected chi connectivity index (χ0v) is 37.0. The van der Waals surface area contributed by atoms with Crippen LogP contribution in [0.4, 0.5) is 0 Å². The van der Waals surface area contributed by atoms with Crippen molar-refractivity contribution in [2.75, 3.05) is 6.61 Å². The molecule has 0 aliphatic carbocycles. The Balaban J connectivity index is 3.38. The molecule has 0 aliphatic rings. The maximum absolute atomic E-state index is 12.4. The summed E-state index contributed by atoms with van der Waals surface area (Å²) < 4.78 is 0. The zero-order valence-electron chi connectivity index (χ0n) is 37.0. The smallest absolute Gasteiger partial charge is 0.220 e. The van der Waals surface area contributed by atoms with Crippen LogP contribution in [0.2, 0.25) is 0 Å². The van der Waals surface area contributed by atoms with Crippen LogP contribution < -0.4 is 5.32 Å². The summed E-state index contributed by atoms with van der Waals surface area (Å²) in [5, 5.41) is 23.0. The Bertz CT molecular complexity index is 739. The predicted molar refractivity (Wildman–Crippen MR) is 239 cm³/mol. The number of aliphatic hydroxyl groups is 2. The number of rotatable bonds is 46. The van der Waals surface area contributed by atoms with Crippen LogP contribution in [-0.4, -0.2) is 34.9 Å². The van der Waals surface area contributed by atoms with Gasteiger partial charge in [-0.25, -0.2) is 0 Å². The van der Waals surface area contributed by atoms with Gasteiger partial charge in [-0.3, -0.25) is 4.79 Å². The van der Waals surface area contributed by atoms with E-state index in [-0.39, 0.29) is 12.5 Å². The SMILES string of the molecule is CCCCCCCCCCC/C=C/[C@@H](O)[C@H](CO)NC(=O)CCCCCCCCCCCCCCCCCCCCCCCCCCCCCCCCC. The van der Waals surface area contributed by atoms with Crippen molar-refractivity contribution in [3.05, 3.63) is 12.2 Å². The van der Waals surface area contributed by atoms with Gasteiger partial charge < -0.3 is 15.5 Å². The second-order valence-corrected chi connectivity index (χ2v) is 17.2. The molecule has 0 bridgehead atoms. The van der Waals surface area contributed by atoms with E-state index in [2.05, 4.69) is 19.2 Å². The number of nitrogens with one attached hydrogen (secondary N) is 1. The molecule has 4 heteroatoms. The highest BCUT2D eigenvalue weighted by molar-refractivity contribution is 5.76. The minimum Gasteiger partial charge on any atom is -0.394 e. The van der Waals surface area contributed by atoms with E-state index in [1.807, 2.05) is 6.08 Å². The summed E-state index contributed by atoms with van der Waals surface area (Å²) in [6.45, 7) is 4.32. The third-order valence-corrected chi connectivity index (χ3v) is 11.8. The van der Waals surface area contributed by atoms with Crippen molar-refractivity contribution < 1.29 is 15.0 Å². The molecule has 0 saturated carbocycles. The summed E-state index contributed by atoms with van der Waals surface area (Å²) in [6.07, 6.45) is 59.3. The van der Waals surface area contributed by atoms with E-state index in [9.17, 15) is 15.0 Å². The molecule has 3 N–H and O–H groups in total. The van der Waals surface area contributed by atoms with Crippen molar-refractivity contribution in [3.63, 3.8) is 0 Å². The second-order valence-electron chi connectivity index (χ2n) is 17.2. The van der Waals surface area contributed by atoms with Gasteiger partial charge in [0.05, 0.1) is 18.8 Å². The minimum atomic E-state index is -0.833. The highest BCUT2D eigenvalue weighted by Gasteiger charge is 2.18. The fourth-order valence-electron chi connectivity index (χ4n) is 7.95. The molecule has 0 heterocycles. The number of hydrogen-bond acceptors (Lipinski definition) is 3. The first kappa shape index (κ1) is 53.1. The van der Waals surface area contributed by atoms with Crippen LogP contribution in [0.3, 0.4) is 0 Å². The van der Waals surface area contributed by atoms with Crippen molar-refractivity contribution in [2.24, 2.45) is 0 Å². The zero-order chi connectivity index (χ0) is 39.3. The number of amides is 1. The van der Waals surface area contributed by atoms with Crippen molar-refractivity contribution in [1.29, 1.82) is 0 Å². The quantitative estimate of drug-likeness (QED) is 0.0427. The molecule has 54 heavy (non-hydrogen) atoms. The highest BCUT2D eigenvalue weighted by atomic mass is 16.3.